The van der Waals surface area contributed by atoms with E-state index in [2.05, 4.69) is 32.7 Å². The molecule has 19 heavy (non-hydrogen) atoms. The molecule has 2 atom stereocenters. The second-order valence-electron chi connectivity index (χ2n) is 6.54. The van der Waals surface area contributed by atoms with Crippen LogP contribution in [0.15, 0.2) is 28.7 Å². The van der Waals surface area contributed by atoms with Crippen LogP contribution in [0.3, 0.4) is 0 Å². The van der Waals surface area contributed by atoms with E-state index in [-0.39, 0.29) is 6.04 Å². The van der Waals surface area contributed by atoms with Crippen LogP contribution < -0.4 is 5.73 Å². The Hall–Kier alpha value is -1.35. The topological polar surface area (TPSA) is 52.0 Å². The molecule has 3 heteroatoms. The van der Waals surface area contributed by atoms with E-state index < -0.39 is 0 Å². The number of benzene rings is 1. The molecule has 0 aliphatic carbocycles. The largest absolute Gasteiger partial charge is 0.441 e. The molecule has 0 fully saturated rings. The summed E-state index contributed by atoms with van der Waals surface area (Å²) in [5, 5.41) is 0. The molecule has 0 aliphatic heterocycles. The lowest BCUT2D eigenvalue weighted by molar-refractivity contribution is 0.230. The maximum atomic E-state index is 6.23. The first-order valence-electron chi connectivity index (χ1n) is 6.96. The minimum atomic E-state index is 0.0993. The molecule has 0 saturated carbocycles. The van der Waals surface area contributed by atoms with Gasteiger partial charge in [0.25, 0.3) is 0 Å². The van der Waals surface area contributed by atoms with Crippen molar-refractivity contribution in [1.29, 1.82) is 0 Å². The fourth-order valence-electron chi connectivity index (χ4n) is 2.12. The fraction of sp³-hybridized carbons (Fsp3) is 0.562. The molecule has 2 rings (SSSR count). The van der Waals surface area contributed by atoms with Crippen molar-refractivity contribution in [3.05, 3.63) is 30.2 Å². The lowest BCUT2D eigenvalue weighted by Gasteiger charge is -2.29. The van der Waals surface area contributed by atoms with Crippen molar-refractivity contribution >= 4 is 11.1 Å². The highest BCUT2D eigenvalue weighted by molar-refractivity contribution is 5.72. The zero-order valence-corrected chi connectivity index (χ0v) is 12.3. The number of oxazole rings is 1. The van der Waals surface area contributed by atoms with Crippen molar-refractivity contribution in [2.45, 2.75) is 46.6 Å². The lowest BCUT2D eigenvalue weighted by atomic mass is 9.78. The average Bonchev–Trinajstić information content (AvgIpc) is 2.69. The summed E-state index contributed by atoms with van der Waals surface area (Å²) in [6, 6.07) is 7.93. The Morgan fingerprint density at radius 1 is 1.26 bits per heavy atom. The standard InChI is InChI=1S/C16H24N2O/c1-11(16(2,3)4)9-12(17)10-15-18-13-7-5-6-8-14(13)19-15/h5-8,11-12H,9-10,17H2,1-4H3. The molecule has 0 radical (unpaired) electrons. The van der Waals surface area contributed by atoms with Gasteiger partial charge < -0.3 is 10.2 Å². The molecule has 0 saturated heterocycles. The van der Waals surface area contributed by atoms with Gasteiger partial charge in [0.15, 0.2) is 11.5 Å². The molecular weight excluding hydrogens is 236 g/mol. The predicted molar refractivity (Wildman–Crippen MR) is 78.9 cm³/mol. The van der Waals surface area contributed by atoms with Crippen LogP contribution in [-0.2, 0) is 6.42 Å². The van der Waals surface area contributed by atoms with Crippen LogP contribution >= 0.6 is 0 Å². The number of aromatic nitrogens is 1. The number of nitrogens with two attached hydrogens (primary N) is 1. The summed E-state index contributed by atoms with van der Waals surface area (Å²) < 4.78 is 5.71. The van der Waals surface area contributed by atoms with Crippen LogP contribution in [0.5, 0.6) is 0 Å². The van der Waals surface area contributed by atoms with Crippen molar-refractivity contribution < 1.29 is 4.42 Å². The van der Waals surface area contributed by atoms with Gasteiger partial charge in [0.2, 0.25) is 0 Å². The van der Waals surface area contributed by atoms with Crippen LogP contribution in [0.2, 0.25) is 0 Å². The average molecular weight is 260 g/mol. The van der Waals surface area contributed by atoms with Gasteiger partial charge in [0.1, 0.15) is 5.52 Å². The molecule has 1 aromatic heterocycles. The second kappa shape index (κ2) is 5.33. The number of para-hydroxylation sites is 2. The van der Waals surface area contributed by atoms with Crippen molar-refractivity contribution in [2.24, 2.45) is 17.1 Å². The fourth-order valence-corrected chi connectivity index (χ4v) is 2.12. The number of hydrogen-bond acceptors (Lipinski definition) is 3. The molecule has 0 spiro atoms. The molecule has 3 nitrogen and oxygen atoms in total. The predicted octanol–water partition coefficient (Wildman–Crippen LogP) is 3.77. The molecule has 104 valence electrons. The van der Waals surface area contributed by atoms with E-state index in [4.69, 9.17) is 10.2 Å². The van der Waals surface area contributed by atoms with Gasteiger partial charge >= 0.3 is 0 Å². The highest BCUT2D eigenvalue weighted by Crippen LogP contribution is 2.29. The number of hydrogen-bond donors (Lipinski definition) is 1. The Balaban J connectivity index is 2.00. The van der Waals surface area contributed by atoms with Gasteiger partial charge in [-0.15, -0.1) is 0 Å². The van der Waals surface area contributed by atoms with Crippen LogP contribution in [0.1, 0.15) is 40.0 Å². The van der Waals surface area contributed by atoms with Gasteiger partial charge in [-0.3, -0.25) is 0 Å². The first kappa shape index (κ1) is 14.1. The van der Waals surface area contributed by atoms with Gasteiger partial charge in [-0.2, -0.15) is 0 Å². The van der Waals surface area contributed by atoms with Crippen LogP contribution in [0, 0.1) is 11.3 Å². The van der Waals surface area contributed by atoms with Crippen molar-refractivity contribution in [3.8, 4) is 0 Å². The van der Waals surface area contributed by atoms with E-state index in [0.717, 1.165) is 23.4 Å². The Labute approximate surface area is 115 Å². The monoisotopic (exact) mass is 260 g/mol. The zero-order valence-electron chi connectivity index (χ0n) is 12.3. The highest BCUT2D eigenvalue weighted by atomic mass is 16.3. The molecule has 0 amide bonds. The van der Waals surface area contributed by atoms with Gasteiger partial charge in [0.05, 0.1) is 0 Å². The Kier molecular flexibility index (Phi) is 3.95. The zero-order chi connectivity index (χ0) is 14.0. The Bertz CT molecular complexity index is 506. The molecule has 1 heterocycles. The molecular formula is C16H24N2O. The molecule has 2 unspecified atom stereocenters. The van der Waals surface area contributed by atoms with E-state index in [1.54, 1.807) is 0 Å². The third-order valence-corrected chi connectivity index (χ3v) is 3.91. The van der Waals surface area contributed by atoms with Crippen molar-refractivity contribution in [3.63, 3.8) is 0 Å². The normalized spacial score (nSPS) is 15.6. The first-order valence-corrected chi connectivity index (χ1v) is 6.96. The minimum absolute atomic E-state index is 0.0993. The molecule has 1 aromatic carbocycles. The van der Waals surface area contributed by atoms with E-state index in [1.807, 2.05) is 24.3 Å². The van der Waals surface area contributed by atoms with Gasteiger partial charge in [0, 0.05) is 12.5 Å². The number of nitrogens with zero attached hydrogens (tertiary/aromatic N) is 1. The van der Waals surface area contributed by atoms with Crippen LogP contribution in [-0.4, -0.2) is 11.0 Å². The van der Waals surface area contributed by atoms with Gasteiger partial charge in [-0.25, -0.2) is 4.98 Å². The summed E-state index contributed by atoms with van der Waals surface area (Å²) in [4.78, 5) is 4.48. The maximum Gasteiger partial charge on any atom is 0.197 e. The lowest BCUT2D eigenvalue weighted by Crippen LogP contribution is -2.30. The molecule has 2 N–H and O–H groups in total. The Morgan fingerprint density at radius 2 is 1.95 bits per heavy atom. The molecule has 0 bridgehead atoms. The van der Waals surface area contributed by atoms with E-state index in [0.29, 0.717) is 17.8 Å². The quantitative estimate of drug-likeness (QED) is 0.910. The van der Waals surface area contributed by atoms with E-state index >= 15 is 0 Å². The smallest absolute Gasteiger partial charge is 0.197 e. The minimum Gasteiger partial charge on any atom is -0.441 e. The van der Waals surface area contributed by atoms with E-state index in [1.165, 1.54) is 0 Å². The van der Waals surface area contributed by atoms with E-state index in [9.17, 15) is 0 Å². The number of rotatable bonds is 4. The molecule has 0 aliphatic rings. The second-order valence-corrected chi connectivity index (χ2v) is 6.54. The van der Waals surface area contributed by atoms with Gasteiger partial charge in [-0.1, -0.05) is 39.8 Å². The van der Waals surface area contributed by atoms with Crippen molar-refractivity contribution in [2.75, 3.05) is 0 Å². The third-order valence-electron chi connectivity index (χ3n) is 3.91. The SMILES string of the molecule is CC(CC(N)Cc1nc2ccccc2o1)C(C)(C)C. The summed E-state index contributed by atoms with van der Waals surface area (Å²) in [6.45, 7) is 9.02. The maximum absolute atomic E-state index is 6.23. The number of fused-ring (bicyclic) bond motifs is 1. The third kappa shape index (κ3) is 3.57. The highest BCUT2D eigenvalue weighted by Gasteiger charge is 2.23. The molecule has 2 aromatic rings. The summed E-state index contributed by atoms with van der Waals surface area (Å²) in [5.41, 5.74) is 8.27. The first-order chi connectivity index (χ1) is 8.86. The van der Waals surface area contributed by atoms with Gasteiger partial charge in [-0.05, 0) is 29.9 Å². The van der Waals surface area contributed by atoms with Crippen LogP contribution in [0.4, 0.5) is 0 Å². The summed E-state index contributed by atoms with van der Waals surface area (Å²) in [6.07, 6.45) is 1.69. The summed E-state index contributed by atoms with van der Waals surface area (Å²) >= 11 is 0. The van der Waals surface area contributed by atoms with Crippen LogP contribution in [0.25, 0.3) is 11.1 Å². The summed E-state index contributed by atoms with van der Waals surface area (Å²) in [5.74, 6) is 1.32. The Morgan fingerprint density at radius 3 is 2.58 bits per heavy atom. The summed E-state index contributed by atoms with van der Waals surface area (Å²) in [7, 11) is 0. The van der Waals surface area contributed by atoms with Crippen molar-refractivity contribution in [1.82, 2.24) is 4.98 Å².